The van der Waals surface area contributed by atoms with Crippen LogP contribution in [0.5, 0.6) is 0 Å². The van der Waals surface area contributed by atoms with Crippen LogP contribution in [0.1, 0.15) is 67.8 Å². The Labute approximate surface area is 325 Å². The summed E-state index contributed by atoms with van der Waals surface area (Å²) in [5, 5.41) is 2.70. The number of aromatic nitrogens is 4. The van der Waals surface area contributed by atoms with E-state index < -0.39 is 12.1 Å². The minimum Gasteiger partial charge on any atom is -0.453 e. The van der Waals surface area contributed by atoms with Crippen LogP contribution >= 0.6 is 0 Å². The molecular formula is C44H46N8O4. The zero-order valence-corrected chi connectivity index (χ0v) is 31.7. The highest BCUT2D eigenvalue weighted by molar-refractivity contribution is 5.88. The molecule has 0 saturated carbocycles. The molecule has 3 aliphatic rings. The lowest BCUT2D eigenvalue weighted by molar-refractivity contribution is -0.139. The fraction of sp³-hybridized carbons (Fsp3) is 0.341. The molecule has 56 heavy (non-hydrogen) atoms. The molecule has 0 bridgehead atoms. The fourth-order valence-corrected chi connectivity index (χ4v) is 8.98. The van der Waals surface area contributed by atoms with Crippen LogP contribution in [0.4, 0.5) is 4.79 Å². The number of nitrogens with zero attached hydrogens (tertiary/aromatic N) is 5. The predicted molar refractivity (Wildman–Crippen MR) is 214 cm³/mol. The highest BCUT2D eigenvalue weighted by Crippen LogP contribution is 2.41. The molecule has 0 unspecified atom stereocenters. The van der Waals surface area contributed by atoms with Crippen LogP contribution in [0, 0.1) is 0 Å². The van der Waals surface area contributed by atoms with Crippen molar-refractivity contribution in [2.75, 3.05) is 27.2 Å². The SMILES string of the molecule is COC(=O)N[C@H]1CC[C@H]2CC[C@@H](c3nc4ccc(-c5ccc(-c6ccc7nc([C@@H]8CCCN8C(=O)CN(C)Cc8ccccc8)[nH]c7c6)cc5)cc4[nH]3)N2C1=O. The van der Waals surface area contributed by atoms with Gasteiger partial charge in [-0.3, -0.25) is 14.5 Å². The summed E-state index contributed by atoms with van der Waals surface area (Å²) in [4.78, 5) is 61.7. The number of fused-ring (bicyclic) bond motifs is 3. The van der Waals surface area contributed by atoms with Gasteiger partial charge in [-0.1, -0.05) is 66.7 Å². The number of rotatable bonds is 9. The summed E-state index contributed by atoms with van der Waals surface area (Å²) < 4.78 is 4.75. The number of likely N-dealkylation sites (tertiary alicyclic amines) is 1. The number of hydrogen-bond donors (Lipinski definition) is 3. The van der Waals surface area contributed by atoms with Gasteiger partial charge in [0.1, 0.15) is 17.7 Å². The molecule has 3 aliphatic heterocycles. The number of imidazole rings is 2. The molecule has 6 aromatic rings. The summed E-state index contributed by atoms with van der Waals surface area (Å²) in [6, 6.07) is 30.6. The predicted octanol–water partition coefficient (Wildman–Crippen LogP) is 7.12. The zero-order valence-electron chi connectivity index (χ0n) is 31.7. The van der Waals surface area contributed by atoms with Crippen molar-refractivity contribution in [3.63, 3.8) is 0 Å². The van der Waals surface area contributed by atoms with E-state index in [4.69, 9.17) is 14.7 Å². The van der Waals surface area contributed by atoms with Crippen molar-refractivity contribution in [1.29, 1.82) is 0 Å². The molecule has 0 aliphatic carbocycles. The third-order valence-electron chi connectivity index (χ3n) is 11.8. The van der Waals surface area contributed by atoms with E-state index in [1.54, 1.807) is 0 Å². The summed E-state index contributed by atoms with van der Waals surface area (Å²) in [6.45, 7) is 1.83. The molecule has 286 valence electrons. The van der Waals surface area contributed by atoms with Crippen LogP contribution in [-0.2, 0) is 20.9 Å². The Balaban J connectivity index is 0.881. The topological polar surface area (TPSA) is 140 Å². The van der Waals surface area contributed by atoms with Gasteiger partial charge in [0.15, 0.2) is 0 Å². The van der Waals surface area contributed by atoms with Crippen molar-refractivity contribution in [3.8, 4) is 22.3 Å². The third kappa shape index (κ3) is 6.89. The quantitative estimate of drug-likeness (QED) is 0.143. The van der Waals surface area contributed by atoms with Crippen molar-refractivity contribution >= 4 is 40.0 Å². The van der Waals surface area contributed by atoms with Crippen LogP contribution in [-0.4, -0.2) is 91.9 Å². The smallest absolute Gasteiger partial charge is 0.407 e. The minimum atomic E-state index is -0.588. The van der Waals surface area contributed by atoms with Gasteiger partial charge in [0.25, 0.3) is 0 Å². The molecule has 3 N–H and O–H groups in total. The summed E-state index contributed by atoms with van der Waals surface area (Å²) in [5.74, 6) is 1.67. The van der Waals surface area contributed by atoms with Gasteiger partial charge in [-0.25, -0.2) is 14.8 Å². The molecule has 12 nitrogen and oxygen atoms in total. The first-order chi connectivity index (χ1) is 27.3. The minimum absolute atomic E-state index is 0.0592. The molecule has 3 fully saturated rings. The van der Waals surface area contributed by atoms with Crippen molar-refractivity contribution < 1.29 is 19.1 Å². The second-order valence-corrected chi connectivity index (χ2v) is 15.4. The van der Waals surface area contributed by atoms with Gasteiger partial charge in [-0.15, -0.1) is 0 Å². The number of nitrogens with one attached hydrogen (secondary N) is 3. The fourth-order valence-electron chi connectivity index (χ4n) is 8.98. The first-order valence-electron chi connectivity index (χ1n) is 19.6. The number of ether oxygens (including phenoxy) is 1. The zero-order chi connectivity index (χ0) is 38.3. The first kappa shape index (κ1) is 35.7. The van der Waals surface area contributed by atoms with Crippen molar-refractivity contribution in [1.82, 2.24) is 40.0 Å². The second kappa shape index (κ2) is 14.9. The number of carbonyl (C=O) groups excluding carboxylic acids is 3. The maximum atomic E-state index is 13.4. The average Bonchev–Trinajstić information content (AvgIpc) is 4.04. The van der Waals surface area contributed by atoms with Gasteiger partial charge < -0.3 is 29.8 Å². The molecule has 0 radical (unpaired) electrons. The summed E-state index contributed by atoms with van der Waals surface area (Å²) in [6.07, 6.45) is 4.45. The molecule has 2 aromatic heterocycles. The third-order valence-corrected chi connectivity index (χ3v) is 11.8. The molecule has 5 heterocycles. The number of amides is 3. The molecule has 3 amide bonds. The standard InChI is InChI=1S/C44H46N8O4/c1-50(25-27-7-4-3-5-8-27)26-40(53)51-22-6-9-38(51)41-45-33-18-14-30(23-36(33)47-41)28-10-12-29(13-11-28)31-15-19-34-37(24-31)48-42(46-34)39-21-17-32-16-20-35(43(54)52(32)39)49-44(55)56-2/h3-5,7-8,10-15,18-19,23-24,32,35,38-39H,6,9,16-17,20-22,25-26H2,1-2H3,(H,45,47)(H,46,48)(H,49,55)/t32-,35-,38-,39-/m0/s1. The number of aromatic amines is 2. The highest BCUT2D eigenvalue weighted by atomic mass is 16.5. The van der Waals surface area contributed by atoms with Crippen molar-refractivity contribution in [2.45, 2.75) is 69.2 Å². The van der Waals surface area contributed by atoms with E-state index in [0.29, 0.717) is 13.0 Å². The van der Waals surface area contributed by atoms with Gasteiger partial charge in [-0.05, 0) is 97.7 Å². The van der Waals surface area contributed by atoms with E-state index >= 15 is 0 Å². The number of likely N-dealkylation sites (N-methyl/N-ethyl adjacent to an activating group) is 1. The van der Waals surface area contributed by atoms with E-state index in [2.05, 4.69) is 86.9 Å². The van der Waals surface area contributed by atoms with E-state index in [1.165, 1.54) is 12.7 Å². The molecule has 4 atom stereocenters. The Morgan fingerprint density at radius 2 is 1.39 bits per heavy atom. The van der Waals surface area contributed by atoms with E-state index in [0.717, 1.165) is 101 Å². The monoisotopic (exact) mass is 750 g/mol. The number of carbonyl (C=O) groups is 3. The Morgan fingerprint density at radius 1 is 0.786 bits per heavy atom. The molecular weight excluding hydrogens is 705 g/mol. The van der Waals surface area contributed by atoms with Gasteiger partial charge >= 0.3 is 6.09 Å². The number of H-pyrrole nitrogens is 2. The van der Waals surface area contributed by atoms with E-state index in [-0.39, 0.29) is 29.9 Å². The molecule has 0 spiro atoms. The number of piperidine rings is 1. The van der Waals surface area contributed by atoms with Crippen LogP contribution in [0.25, 0.3) is 44.3 Å². The van der Waals surface area contributed by atoms with E-state index in [1.807, 2.05) is 41.1 Å². The van der Waals surface area contributed by atoms with Gasteiger partial charge in [0.05, 0.1) is 47.8 Å². The lowest BCUT2D eigenvalue weighted by Gasteiger charge is -2.37. The Kier molecular flexibility index (Phi) is 9.50. The van der Waals surface area contributed by atoms with Crippen molar-refractivity contribution in [2.24, 2.45) is 0 Å². The number of methoxy groups -OCH3 is 1. The Morgan fingerprint density at radius 3 is 2.04 bits per heavy atom. The highest BCUT2D eigenvalue weighted by Gasteiger charge is 2.45. The van der Waals surface area contributed by atoms with Gasteiger partial charge in [-0.2, -0.15) is 0 Å². The first-order valence-corrected chi connectivity index (χ1v) is 19.6. The number of hydrogen-bond acceptors (Lipinski definition) is 7. The van der Waals surface area contributed by atoms with Crippen LogP contribution < -0.4 is 5.32 Å². The molecule has 3 saturated heterocycles. The number of alkyl carbamates (subject to hydrolysis) is 1. The lowest BCUT2D eigenvalue weighted by atomic mass is 9.98. The maximum absolute atomic E-state index is 13.4. The molecule has 9 rings (SSSR count). The van der Waals surface area contributed by atoms with Crippen LogP contribution in [0.3, 0.4) is 0 Å². The second-order valence-electron chi connectivity index (χ2n) is 15.4. The molecule has 12 heteroatoms. The summed E-state index contributed by atoms with van der Waals surface area (Å²) in [5.41, 5.74) is 9.14. The van der Waals surface area contributed by atoms with E-state index in [9.17, 15) is 14.4 Å². The van der Waals surface area contributed by atoms with Crippen LogP contribution in [0.2, 0.25) is 0 Å². The molecule has 4 aromatic carbocycles. The van der Waals surface area contributed by atoms with Gasteiger partial charge in [0, 0.05) is 19.1 Å². The largest absolute Gasteiger partial charge is 0.453 e. The summed E-state index contributed by atoms with van der Waals surface area (Å²) in [7, 11) is 3.30. The Hall–Kier alpha value is -6.01. The summed E-state index contributed by atoms with van der Waals surface area (Å²) >= 11 is 0. The van der Waals surface area contributed by atoms with Crippen molar-refractivity contribution in [3.05, 3.63) is 108 Å². The Bertz CT molecular complexity index is 2410. The maximum Gasteiger partial charge on any atom is 0.407 e. The average molecular weight is 751 g/mol. The lowest BCUT2D eigenvalue weighted by Crippen LogP contribution is -2.54. The normalized spacial score (nSPS) is 20.9. The number of benzene rings is 4. The van der Waals surface area contributed by atoms with Gasteiger partial charge in [0.2, 0.25) is 11.8 Å². The van der Waals surface area contributed by atoms with Crippen LogP contribution in [0.15, 0.2) is 91.0 Å².